The number of aromatic nitrogens is 4. The zero-order valence-corrected chi connectivity index (χ0v) is 50.3. The largest absolute Gasteiger partial charge is 0.299 e. The van der Waals surface area contributed by atoms with Crippen LogP contribution in [0.4, 0.5) is 65.5 Å². The van der Waals surface area contributed by atoms with E-state index in [1.807, 2.05) is 22.0 Å². The van der Waals surface area contributed by atoms with E-state index in [0.717, 1.165) is 143 Å². The van der Waals surface area contributed by atoms with E-state index < -0.39 is 0 Å². The van der Waals surface area contributed by atoms with Gasteiger partial charge in [-0.1, -0.05) is 218 Å². The van der Waals surface area contributed by atoms with E-state index in [-0.39, 0.29) is 0 Å². The Kier molecular flexibility index (Phi) is 13.8. The van der Waals surface area contributed by atoms with E-state index in [9.17, 15) is 0 Å². The van der Waals surface area contributed by atoms with Crippen molar-refractivity contribution in [3.8, 4) is 45.0 Å². The summed E-state index contributed by atoms with van der Waals surface area (Å²) in [6.45, 7) is 0. The van der Waals surface area contributed by atoms with Gasteiger partial charge in [-0.2, -0.15) is 0 Å². The van der Waals surface area contributed by atoms with Gasteiger partial charge < -0.3 is 0 Å². The van der Waals surface area contributed by atoms with Crippen molar-refractivity contribution in [2.75, 3.05) is 19.6 Å². The lowest BCUT2D eigenvalue weighted by Gasteiger charge is -2.34. The minimum Gasteiger partial charge on any atom is -0.299 e. The molecule has 0 unspecified atom stereocenters. The smallest absolute Gasteiger partial charge is 0.128 e. The quantitative estimate of drug-likeness (QED) is 0.0887. The normalized spacial score (nSPS) is 11.4. The SMILES string of the molecule is c1ccc(-c2ncsc2N(c2ccccc2)c2cc(N(c3ccccc3)c3scnc3-c3ccccc3)c3ccc4c(N(c5ccccc5)c5scnc5-c5ccccc5)cc(N(c5ccccc5)c5scnc5-c5ccccc5)c5ccc2c3c54)cc1. The zero-order chi connectivity index (χ0) is 58.3. The Bertz CT molecular complexity index is 4410. The van der Waals surface area contributed by atoms with Crippen LogP contribution in [-0.4, -0.2) is 19.9 Å². The van der Waals surface area contributed by atoms with Crippen molar-refractivity contribution in [1.29, 1.82) is 0 Å². The molecular weight excluding hydrogens is 1150 g/mol. The monoisotopic (exact) mass is 1200 g/mol. The van der Waals surface area contributed by atoms with Crippen molar-refractivity contribution in [3.05, 3.63) is 301 Å². The van der Waals surface area contributed by atoms with Gasteiger partial charge in [-0.25, -0.2) is 19.9 Å². The zero-order valence-electron chi connectivity index (χ0n) is 47.1. The van der Waals surface area contributed by atoms with Crippen molar-refractivity contribution >= 4 is 143 Å². The highest BCUT2D eigenvalue weighted by Crippen LogP contribution is 2.58. The van der Waals surface area contributed by atoms with Crippen molar-refractivity contribution in [1.82, 2.24) is 19.9 Å². The second kappa shape index (κ2) is 23.0. The predicted octanol–water partition coefficient (Wildman–Crippen LogP) is 23.0. The van der Waals surface area contributed by atoms with E-state index in [0.29, 0.717) is 0 Å². The Balaban J connectivity index is 1.09. The summed E-state index contributed by atoms with van der Waals surface area (Å²) in [5.74, 6) is 0. The number of hydrogen-bond acceptors (Lipinski definition) is 12. The summed E-state index contributed by atoms with van der Waals surface area (Å²) in [4.78, 5) is 30.5. The first-order chi connectivity index (χ1) is 43.7. The van der Waals surface area contributed by atoms with Crippen molar-refractivity contribution < 1.29 is 0 Å². The highest BCUT2D eigenvalue weighted by Gasteiger charge is 2.33. The lowest BCUT2D eigenvalue weighted by atomic mass is 9.89. The number of rotatable bonds is 16. The first-order valence-corrected chi connectivity index (χ1v) is 32.4. The van der Waals surface area contributed by atoms with Crippen LogP contribution in [0, 0.1) is 0 Å². The first-order valence-electron chi connectivity index (χ1n) is 28.9. The molecule has 4 aromatic heterocycles. The Morgan fingerprint density at radius 1 is 0.216 bits per heavy atom. The highest BCUT2D eigenvalue weighted by molar-refractivity contribution is 7.15. The molecule has 0 bridgehead atoms. The number of para-hydroxylation sites is 4. The lowest BCUT2D eigenvalue weighted by Crippen LogP contribution is -2.16. The van der Waals surface area contributed by atoms with Crippen LogP contribution < -0.4 is 19.6 Å². The van der Waals surface area contributed by atoms with Gasteiger partial charge in [-0.3, -0.25) is 19.6 Å². The maximum atomic E-state index is 5.18. The molecule has 0 saturated carbocycles. The van der Waals surface area contributed by atoms with Gasteiger partial charge in [-0.05, 0) is 60.7 Å². The Morgan fingerprint density at radius 2 is 0.409 bits per heavy atom. The molecule has 0 radical (unpaired) electrons. The fourth-order valence-electron chi connectivity index (χ4n) is 12.2. The topological polar surface area (TPSA) is 64.5 Å². The fourth-order valence-corrected chi connectivity index (χ4v) is 15.6. The van der Waals surface area contributed by atoms with Gasteiger partial charge in [0.1, 0.15) is 42.8 Å². The number of hydrogen-bond donors (Lipinski definition) is 0. The molecular formula is C76H50N8S4. The molecule has 0 N–H and O–H groups in total. The molecule has 88 heavy (non-hydrogen) atoms. The molecule has 0 aliphatic rings. The maximum Gasteiger partial charge on any atom is 0.128 e. The third-order valence-corrected chi connectivity index (χ3v) is 19.3. The van der Waals surface area contributed by atoms with E-state index in [1.165, 1.54) is 0 Å². The van der Waals surface area contributed by atoms with E-state index >= 15 is 0 Å². The minimum absolute atomic E-state index is 0.898. The molecule has 16 aromatic rings. The fraction of sp³-hybridized carbons (Fsp3) is 0. The standard InChI is InChI=1S/C76H50N8S4/c1-9-25-51(26-10-1)69-73(85-47-77-69)81(55-33-17-5-18-34-55)63-45-64(82(56-35-19-6-20-36-56)74-70(78-48-86-74)52-27-11-2-12-28-52)60-43-44-62-66(84(58-39-23-8-24-40-58)76-72(80-50-88-76)54-31-15-4-16-32-54)46-65(61-42-41-59(63)67(60)68(61)62)83(57-37-21-7-22-38-57)75-71(79-49-87-75)53-29-13-3-14-30-53/h1-50H. The van der Waals surface area contributed by atoms with Gasteiger partial charge in [0.2, 0.25) is 0 Å². The van der Waals surface area contributed by atoms with Gasteiger partial charge in [0.05, 0.1) is 44.8 Å². The molecule has 418 valence electrons. The Hall–Kier alpha value is -10.6. The molecule has 0 spiro atoms. The molecule has 0 amide bonds. The highest BCUT2D eigenvalue weighted by atomic mass is 32.1. The van der Waals surface area contributed by atoms with Crippen LogP contribution in [0.3, 0.4) is 0 Å². The van der Waals surface area contributed by atoms with Crippen LogP contribution in [0.1, 0.15) is 0 Å². The Labute approximate surface area is 525 Å². The maximum absolute atomic E-state index is 5.18. The summed E-state index contributed by atoms with van der Waals surface area (Å²) < 4.78 is 0. The predicted molar refractivity (Wildman–Crippen MR) is 373 cm³/mol. The summed E-state index contributed by atoms with van der Waals surface area (Å²) in [5, 5.41) is 10.5. The van der Waals surface area contributed by atoms with Gasteiger partial charge in [0.15, 0.2) is 0 Å². The van der Waals surface area contributed by atoms with Crippen LogP contribution in [-0.2, 0) is 0 Å². The molecule has 4 heterocycles. The lowest BCUT2D eigenvalue weighted by molar-refractivity contribution is 1.28. The third kappa shape index (κ3) is 9.34. The van der Waals surface area contributed by atoms with Gasteiger partial charge >= 0.3 is 0 Å². The van der Waals surface area contributed by atoms with E-state index in [1.54, 1.807) is 45.3 Å². The van der Waals surface area contributed by atoms with Crippen LogP contribution >= 0.6 is 45.3 Å². The molecule has 12 heteroatoms. The second-order valence-electron chi connectivity index (χ2n) is 21.1. The average Bonchev–Trinajstić information content (AvgIpc) is 0.885. The van der Waals surface area contributed by atoms with Crippen molar-refractivity contribution in [3.63, 3.8) is 0 Å². The van der Waals surface area contributed by atoms with E-state index in [4.69, 9.17) is 19.9 Å². The Morgan fingerprint density at radius 3 is 0.614 bits per heavy atom. The number of benzene rings is 12. The van der Waals surface area contributed by atoms with Crippen LogP contribution in [0.2, 0.25) is 0 Å². The van der Waals surface area contributed by atoms with Crippen LogP contribution in [0.5, 0.6) is 0 Å². The molecule has 0 saturated heterocycles. The first kappa shape index (κ1) is 52.9. The minimum atomic E-state index is 0.898. The summed E-state index contributed by atoms with van der Waals surface area (Å²) in [5.41, 5.74) is 23.6. The van der Waals surface area contributed by atoms with Crippen molar-refractivity contribution in [2.45, 2.75) is 0 Å². The molecule has 0 aliphatic heterocycles. The van der Waals surface area contributed by atoms with Gasteiger partial charge in [-0.15, -0.1) is 45.3 Å². The van der Waals surface area contributed by atoms with Crippen molar-refractivity contribution in [2.24, 2.45) is 0 Å². The summed E-state index contributed by atoms with van der Waals surface area (Å²) in [6.07, 6.45) is 0. The number of anilines is 12. The second-order valence-corrected chi connectivity index (χ2v) is 24.4. The van der Waals surface area contributed by atoms with Gasteiger partial charge in [0, 0.05) is 77.3 Å². The third-order valence-electron chi connectivity index (χ3n) is 16.0. The molecule has 8 nitrogen and oxygen atoms in total. The van der Waals surface area contributed by atoms with E-state index in [2.05, 4.69) is 299 Å². The molecule has 0 aliphatic carbocycles. The molecule has 12 aromatic carbocycles. The molecule has 0 fully saturated rings. The summed E-state index contributed by atoms with van der Waals surface area (Å²) in [7, 11) is 0. The molecule has 0 atom stereocenters. The summed E-state index contributed by atoms with van der Waals surface area (Å²) >= 11 is 6.58. The number of thiazole rings is 4. The summed E-state index contributed by atoms with van der Waals surface area (Å²) in [6, 6.07) is 99.6. The number of nitrogens with zero attached hydrogens (tertiary/aromatic N) is 8. The molecule has 16 rings (SSSR count). The van der Waals surface area contributed by atoms with Gasteiger partial charge in [0.25, 0.3) is 0 Å². The average molecular weight is 1200 g/mol. The van der Waals surface area contributed by atoms with Crippen LogP contribution in [0.15, 0.2) is 301 Å². The van der Waals surface area contributed by atoms with Crippen LogP contribution in [0.25, 0.3) is 77.3 Å².